The molecule has 1 unspecified atom stereocenters. The minimum atomic E-state index is -3.40. The SMILES string of the molecule is CCOP(=O)(CC(CC)NP(=O)(OCC)OCC)OCC. The van der Waals surface area contributed by atoms with Crippen molar-refractivity contribution in [1.29, 1.82) is 0 Å². The molecule has 0 aliphatic carbocycles. The van der Waals surface area contributed by atoms with Gasteiger partial charge in [-0.25, -0.2) is 9.65 Å². The van der Waals surface area contributed by atoms with Crippen LogP contribution in [0, 0.1) is 0 Å². The molecule has 7 nitrogen and oxygen atoms in total. The van der Waals surface area contributed by atoms with Gasteiger partial charge in [0.15, 0.2) is 0 Å². The van der Waals surface area contributed by atoms with E-state index in [1.807, 2.05) is 6.92 Å². The molecule has 0 rings (SSSR count). The van der Waals surface area contributed by atoms with Gasteiger partial charge in [-0.2, -0.15) is 0 Å². The Morgan fingerprint density at radius 2 is 1.24 bits per heavy atom. The van der Waals surface area contributed by atoms with Crippen LogP contribution >= 0.6 is 15.3 Å². The molecule has 128 valence electrons. The Kier molecular flexibility index (Phi) is 11.0. The molecule has 0 saturated carbocycles. The van der Waals surface area contributed by atoms with Crippen LogP contribution in [0.4, 0.5) is 0 Å². The summed E-state index contributed by atoms with van der Waals surface area (Å²) in [6, 6.07) is -0.349. The second-order valence-corrected chi connectivity index (χ2v) is 8.07. The molecule has 1 N–H and O–H groups in total. The van der Waals surface area contributed by atoms with E-state index in [0.717, 1.165) is 0 Å². The van der Waals surface area contributed by atoms with E-state index in [1.165, 1.54) is 0 Å². The first-order valence-corrected chi connectivity index (χ1v) is 10.7. The van der Waals surface area contributed by atoms with Gasteiger partial charge in [0.2, 0.25) is 0 Å². The van der Waals surface area contributed by atoms with Crippen LogP contribution in [0.1, 0.15) is 41.0 Å². The van der Waals surface area contributed by atoms with Crippen molar-refractivity contribution in [3.63, 3.8) is 0 Å². The minimum Gasteiger partial charge on any atom is -0.309 e. The molecular weight excluding hydrogens is 316 g/mol. The number of hydrogen-bond donors (Lipinski definition) is 1. The maximum absolute atomic E-state index is 12.5. The van der Waals surface area contributed by atoms with Gasteiger partial charge in [-0.15, -0.1) is 0 Å². The highest BCUT2D eigenvalue weighted by molar-refractivity contribution is 7.54. The van der Waals surface area contributed by atoms with Crippen molar-refractivity contribution < 1.29 is 27.2 Å². The zero-order valence-electron chi connectivity index (χ0n) is 13.7. The van der Waals surface area contributed by atoms with E-state index in [1.54, 1.807) is 27.7 Å². The van der Waals surface area contributed by atoms with Crippen LogP contribution in [0.2, 0.25) is 0 Å². The van der Waals surface area contributed by atoms with Gasteiger partial charge in [0.25, 0.3) is 0 Å². The molecule has 0 aromatic carbocycles. The Balaban J connectivity index is 4.89. The molecule has 0 aromatic rings. The van der Waals surface area contributed by atoms with Crippen LogP contribution in [0.15, 0.2) is 0 Å². The van der Waals surface area contributed by atoms with Crippen molar-refractivity contribution in [2.45, 2.75) is 47.1 Å². The van der Waals surface area contributed by atoms with E-state index in [0.29, 0.717) is 19.6 Å². The standard InChI is InChI=1S/C12H29NO6P2/c1-6-12(11-20(14,16-7-2)17-8-3)13-21(15,18-9-4)19-10-5/h12H,6-11H2,1-5H3,(H,13,15). The lowest BCUT2D eigenvalue weighted by Crippen LogP contribution is -2.31. The third-order valence-corrected chi connectivity index (χ3v) is 6.60. The second kappa shape index (κ2) is 10.9. The smallest absolute Gasteiger partial charge is 0.309 e. The van der Waals surface area contributed by atoms with E-state index in [-0.39, 0.29) is 25.4 Å². The van der Waals surface area contributed by atoms with Gasteiger partial charge < -0.3 is 9.05 Å². The van der Waals surface area contributed by atoms with Crippen molar-refractivity contribution in [3.8, 4) is 0 Å². The van der Waals surface area contributed by atoms with Gasteiger partial charge in [0, 0.05) is 6.04 Å². The van der Waals surface area contributed by atoms with E-state index in [4.69, 9.17) is 18.1 Å². The Bertz CT molecular complexity index is 314. The molecular formula is C12H29NO6P2. The van der Waals surface area contributed by atoms with Crippen LogP contribution < -0.4 is 5.09 Å². The Labute approximate surface area is 128 Å². The monoisotopic (exact) mass is 345 g/mol. The maximum Gasteiger partial charge on any atom is 0.405 e. The predicted octanol–water partition coefficient (Wildman–Crippen LogP) is 3.80. The molecule has 1 atom stereocenters. The molecule has 0 saturated heterocycles. The number of rotatable bonds is 13. The van der Waals surface area contributed by atoms with E-state index < -0.39 is 15.3 Å². The molecule has 9 heteroatoms. The summed E-state index contributed by atoms with van der Waals surface area (Å²) in [5.74, 6) is 0. The van der Waals surface area contributed by atoms with Crippen LogP contribution in [-0.2, 0) is 27.2 Å². The lowest BCUT2D eigenvalue weighted by molar-refractivity contribution is 0.203. The van der Waals surface area contributed by atoms with E-state index in [2.05, 4.69) is 5.09 Å². The van der Waals surface area contributed by atoms with Gasteiger partial charge in [-0.1, -0.05) is 6.92 Å². The summed E-state index contributed by atoms with van der Waals surface area (Å²) in [5.41, 5.74) is 0. The van der Waals surface area contributed by atoms with Crippen LogP contribution in [0.3, 0.4) is 0 Å². The number of hydrogen-bond acceptors (Lipinski definition) is 6. The van der Waals surface area contributed by atoms with Crippen LogP contribution in [0.25, 0.3) is 0 Å². The quantitative estimate of drug-likeness (QED) is 0.508. The summed E-state index contributed by atoms with van der Waals surface area (Å²) in [6.45, 7) is 9.98. The summed E-state index contributed by atoms with van der Waals surface area (Å²) in [7, 11) is -6.61. The molecule has 0 fully saturated rings. The summed E-state index contributed by atoms with van der Waals surface area (Å²) in [4.78, 5) is 0. The fourth-order valence-corrected chi connectivity index (χ4v) is 5.47. The molecule has 0 radical (unpaired) electrons. The van der Waals surface area contributed by atoms with Crippen LogP contribution in [-0.4, -0.2) is 38.6 Å². The highest BCUT2D eigenvalue weighted by atomic mass is 31.2. The van der Waals surface area contributed by atoms with Gasteiger partial charge in [0.05, 0.1) is 32.6 Å². The van der Waals surface area contributed by atoms with Gasteiger partial charge >= 0.3 is 15.3 Å². The van der Waals surface area contributed by atoms with E-state index >= 15 is 0 Å². The largest absolute Gasteiger partial charge is 0.405 e. The first kappa shape index (κ1) is 21.3. The average Bonchev–Trinajstić information content (AvgIpc) is 2.38. The highest BCUT2D eigenvalue weighted by Crippen LogP contribution is 2.51. The third-order valence-electron chi connectivity index (χ3n) is 2.53. The summed E-state index contributed by atoms with van der Waals surface area (Å²) >= 11 is 0. The zero-order chi connectivity index (χ0) is 16.4. The topological polar surface area (TPSA) is 83.1 Å². The lowest BCUT2D eigenvalue weighted by Gasteiger charge is -2.26. The fourth-order valence-electron chi connectivity index (χ4n) is 1.74. The first-order chi connectivity index (χ1) is 9.88. The maximum atomic E-state index is 12.5. The predicted molar refractivity (Wildman–Crippen MR) is 83.8 cm³/mol. The third kappa shape index (κ3) is 8.46. The fraction of sp³-hybridized carbons (Fsp3) is 1.00. The normalized spacial score (nSPS) is 14.3. The Morgan fingerprint density at radius 3 is 1.57 bits per heavy atom. The molecule has 0 bridgehead atoms. The lowest BCUT2D eigenvalue weighted by atomic mass is 10.3. The average molecular weight is 345 g/mol. The molecule has 0 amide bonds. The Morgan fingerprint density at radius 1 is 0.810 bits per heavy atom. The van der Waals surface area contributed by atoms with Gasteiger partial charge in [0.1, 0.15) is 0 Å². The summed E-state index contributed by atoms with van der Waals surface area (Å²) in [6.07, 6.45) is 0.712. The molecule has 0 heterocycles. The van der Waals surface area contributed by atoms with Crippen molar-refractivity contribution in [2.24, 2.45) is 0 Å². The number of nitrogens with one attached hydrogen (secondary N) is 1. The van der Waals surface area contributed by atoms with Crippen LogP contribution in [0.5, 0.6) is 0 Å². The molecule has 0 aromatic heterocycles. The molecule has 0 aliphatic heterocycles. The zero-order valence-corrected chi connectivity index (χ0v) is 15.5. The highest BCUT2D eigenvalue weighted by Gasteiger charge is 2.33. The molecule has 21 heavy (non-hydrogen) atoms. The molecule has 0 aliphatic rings. The van der Waals surface area contributed by atoms with Gasteiger partial charge in [-0.05, 0) is 34.1 Å². The molecule has 0 spiro atoms. The van der Waals surface area contributed by atoms with Crippen molar-refractivity contribution >= 4 is 15.3 Å². The van der Waals surface area contributed by atoms with Gasteiger partial charge in [-0.3, -0.25) is 13.6 Å². The first-order valence-electron chi connectivity index (χ1n) is 7.43. The minimum absolute atomic E-state index is 0.120. The van der Waals surface area contributed by atoms with Crippen molar-refractivity contribution in [1.82, 2.24) is 5.09 Å². The van der Waals surface area contributed by atoms with E-state index in [9.17, 15) is 9.13 Å². The van der Waals surface area contributed by atoms with Crippen molar-refractivity contribution in [2.75, 3.05) is 32.6 Å². The van der Waals surface area contributed by atoms with Crippen molar-refractivity contribution in [3.05, 3.63) is 0 Å². The Hall–Kier alpha value is 0.260. The summed E-state index contributed by atoms with van der Waals surface area (Å²) in [5, 5.41) is 2.83. The summed E-state index contributed by atoms with van der Waals surface area (Å²) < 4.78 is 45.9. The second-order valence-electron chi connectivity index (χ2n) is 4.20.